The van der Waals surface area contributed by atoms with Gasteiger partial charge in [0.25, 0.3) is 0 Å². The molecule has 1 fully saturated rings. The Morgan fingerprint density at radius 2 is 2.25 bits per heavy atom. The highest BCUT2D eigenvalue weighted by molar-refractivity contribution is 5.71. The standard InChI is InChI=1S/C16H24N4/c1-12(2)19-9-5-6-14(10-19)11-20-13(3)18-15-7-4-8-17-16(15)20/h4,7-8,12,14H,5-6,9-11H2,1-3H3. The predicted octanol–water partition coefficient (Wildman–Crippen LogP) is 2.86. The number of likely N-dealkylation sites (tertiary alicyclic amines) is 1. The van der Waals surface area contributed by atoms with E-state index in [0.29, 0.717) is 12.0 Å². The summed E-state index contributed by atoms with van der Waals surface area (Å²) in [5, 5.41) is 0. The first-order chi connectivity index (χ1) is 9.65. The minimum Gasteiger partial charge on any atom is -0.313 e. The molecule has 1 aliphatic heterocycles. The largest absolute Gasteiger partial charge is 0.313 e. The van der Waals surface area contributed by atoms with Crippen LogP contribution < -0.4 is 0 Å². The molecule has 0 bridgehead atoms. The molecule has 1 atom stereocenters. The van der Waals surface area contributed by atoms with Crippen molar-refractivity contribution in [3.05, 3.63) is 24.2 Å². The molecule has 2 aromatic heterocycles. The Balaban J connectivity index is 1.81. The van der Waals surface area contributed by atoms with Crippen molar-refractivity contribution < 1.29 is 0 Å². The van der Waals surface area contributed by atoms with Crippen LogP contribution in [0.3, 0.4) is 0 Å². The molecule has 2 aromatic rings. The Morgan fingerprint density at radius 3 is 3.05 bits per heavy atom. The van der Waals surface area contributed by atoms with Gasteiger partial charge in [0.05, 0.1) is 0 Å². The molecule has 20 heavy (non-hydrogen) atoms. The average molecular weight is 272 g/mol. The van der Waals surface area contributed by atoms with Crippen LogP contribution >= 0.6 is 0 Å². The maximum atomic E-state index is 4.62. The zero-order valence-electron chi connectivity index (χ0n) is 12.7. The number of hydrogen-bond acceptors (Lipinski definition) is 3. The van der Waals surface area contributed by atoms with Crippen molar-refractivity contribution >= 4 is 11.2 Å². The van der Waals surface area contributed by atoms with Crippen LogP contribution in [0.2, 0.25) is 0 Å². The maximum Gasteiger partial charge on any atom is 0.159 e. The molecule has 4 nitrogen and oxygen atoms in total. The highest BCUT2D eigenvalue weighted by Gasteiger charge is 2.23. The van der Waals surface area contributed by atoms with E-state index in [1.54, 1.807) is 0 Å². The Labute approximate surface area is 120 Å². The lowest BCUT2D eigenvalue weighted by atomic mass is 9.97. The van der Waals surface area contributed by atoms with E-state index in [2.05, 4.69) is 40.2 Å². The fourth-order valence-electron chi connectivity index (χ4n) is 3.26. The molecule has 3 rings (SSSR count). The second-order valence-corrected chi connectivity index (χ2v) is 6.21. The second kappa shape index (κ2) is 5.52. The van der Waals surface area contributed by atoms with Gasteiger partial charge >= 0.3 is 0 Å². The summed E-state index contributed by atoms with van der Waals surface area (Å²) in [6.07, 6.45) is 4.48. The van der Waals surface area contributed by atoms with Gasteiger partial charge in [0.1, 0.15) is 11.3 Å². The van der Waals surface area contributed by atoms with Crippen molar-refractivity contribution in [1.29, 1.82) is 0 Å². The van der Waals surface area contributed by atoms with Gasteiger partial charge in [0.15, 0.2) is 5.65 Å². The molecule has 0 aromatic carbocycles. The van der Waals surface area contributed by atoms with E-state index < -0.39 is 0 Å². The van der Waals surface area contributed by atoms with Crippen LogP contribution in [0.5, 0.6) is 0 Å². The van der Waals surface area contributed by atoms with Crippen LogP contribution in [0.25, 0.3) is 11.2 Å². The number of rotatable bonds is 3. The van der Waals surface area contributed by atoms with Crippen molar-refractivity contribution in [2.75, 3.05) is 13.1 Å². The summed E-state index contributed by atoms with van der Waals surface area (Å²) in [5.74, 6) is 1.80. The molecule has 1 aliphatic rings. The number of piperidine rings is 1. The van der Waals surface area contributed by atoms with Crippen LogP contribution in [-0.4, -0.2) is 38.6 Å². The summed E-state index contributed by atoms with van der Waals surface area (Å²) in [7, 11) is 0. The molecule has 0 N–H and O–H groups in total. The molecule has 0 amide bonds. The molecule has 0 spiro atoms. The Bertz CT molecular complexity index is 587. The first kappa shape index (κ1) is 13.6. The monoisotopic (exact) mass is 272 g/mol. The van der Waals surface area contributed by atoms with Crippen molar-refractivity contribution in [3.8, 4) is 0 Å². The smallest absolute Gasteiger partial charge is 0.159 e. The molecular weight excluding hydrogens is 248 g/mol. The predicted molar refractivity (Wildman–Crippen MR) is 81.7 cm³/mol. The van der Waals surface area contributed by atoms with Gasteiger partial charge in [0, 0.05) is 25.3 Å². The van der Waals surface area contributed by atoms with Crippen molar-refractivity contribution in [2.45, 2.75) is 46.2 Å². The Morgan fingerprint density at radius 1 is 1.40 bits per heavy atom. The van der Waals surface area contributed by atoms with Crippen LogP contribution in [-0.2, 0) is 6.54 Å². The van der Waals surface area contributed by atoms with Crippen LogP contribution in [0, 0.1) is 12.8 Å². The molecule has 1 saturated heterocycles. The van der Waals surface area contributed by atoms with Gasteiger partial charge in [-0.05, 0) is 58.2 Å². The SMILES string of the molecule is Cc1nc2cccnc2n1CC1CCCN(C(C)C)C1. The quantitative estimate of drug-likeness (QED) is 0.861. The molecule has 0 aliphatic carbocycles. The number of fused-ring (bicyclic) bond motifs is 1. The number of pyridine rings is 1. The second-order valence-electron chi connectivity index (χ2n) is 6.21. The average Bonchev–Trinajstić information content (AvgIpc) is 2.76. The fourth-order valence-corrected chi connectivity index (χ4v) is 3.26. The van der Waals surface area contributed by atoms with E-state index in [9.17, 15) is 0 Å². The van der Waals surface area contributed by atoms with Gasteiger partial charge in [-0.1, -0.05) is 0 Å². The summed E-state index contributed by atoms with van der Waals surface area (Å²) < 4.78 is 2.30. The molecule has 108 valence electrons. The third-order valence-corrected chi connectivity index (χ3v) is 4.42. The van der Waals surface area contributed by atoms with Crippen LogP contribution in [0.4, 0.5) is 0 Å². The maximum absolute atomic E-state index is 4.62. The summed E-state index contributed by atoms with van der Waals surface area (Å²) in [5.41, 5.74) is 2.05. The van der Waals surface area contributed by atoms with E-state index in [1.807, 2.05) is 18.3 Å². The highest BCUT2D eigenvalue weighted by atomic mass is 15.2. The summed E-state index contributed by atoms with van der Waals surface area (Å²) >= 11 is 0. The Hall–Kier alpha value is -1.42. The van der Waals surface area contributed by atoms with Gasteiger partial charge in [0.2, 0.25) is 0 Å². The number of hydrogen-bond donors (Lipinski definition) is 0. The molecule has 1 unspecified atom stereocenters. The number of aromatic nitrogens is 3. The van der Waals surface area contributed by atoms with Crippen LogP contribution in [0.1, 0.15) is 32.5 Å². The number of imidazole rings is 1. The summed E-state index contributed by atoms with van der Waals surface area (Å²) in [6, 6.07) is 4.66. The molecule has 3 heterocycles. The third kappa shape index (κ3) is 2.57. The minimum absolute atomic E-state index is 0.650. The fraction of sp³-hybridized carbons (Fsp3) is 0.625. The van der Waals surface area contributed by atoms with Gasteiger partial charge in [-0.3, -0.25) is 0 Å². The van der Waals surface area contributed by atoms with E-state index in [4.69, 9.17) is 0 Å². The topological polar surface area (TPSA) is 34.0 Å². The van der Waals surface area contributed by atoms with Crippen molar-refractivity contribution in [3.63, 3.8) is 0 Å². The van der Waals surface area contributed by atoms with Crippen molar-refractivity contribution in [1.82, 2.24) is 19.4 Å². The lowest BCUT2D eigenvalue weighted by molar-refractivity contribution is 0.131. The van der Waals surface area contributed by atoms with E-state index in [1.165, 1.54) is 25.9 Å². The lowest BCUT2D eigenvalue weighted by Gasteiger charge is -2.35. The normalized spacial score (nSPS) is 20.9. The van der Waals surface area contributed by atoms with Crippen molar-refractivity contribution in [2.24, 2.45) is 5.92 Å². The zero-order valence-corrected chi connectivity index (χ0v) is 12.7. The van der Waals surface area contributed by atoms with E-state index in [0.717, 1.165) is 23.5 Å². The number of aryl methyl sites for hydroxylation is 1. The molecular formula is C16H24N4. The number of nitrogens with zero attached hydrogens (tertiary/aromatic N) is 4. The van der Waals surface area contributed by atoms with Gasteiger partial charge in [-0.25, -0.2) is 9.97 Å². The summed E-state index contributed by atoms with van der Waals surface area (Å²) in [6.45, 7) is 10.2. The summed E-state index contributed by atoms with van der Waals surface area (Å²) in [4.78, 5) is 11.7. The van der Waals surface area contributed by atoms with Gasteiger partial charge in [-0.15, -0.1) is 0 Å². The highest BCUT2D eigenvalue weighted by Crippen LogP contribution is 2.22. The van der Waals surface area contributed by atoms with E-state index in [-0.39, 0.29) is 0 Å². The third-order valence-electron chi connectivity index (χ3n) is 4.42. The Kier molecular flexibility index (Phi) is 3.74. The van der Waals surface area contributed by atoms with E-state index >= 15 is 0 Å². The zero-order chi connectivity index (χ0) is 14.1. The van der Waals surface area contributed by atoms with Gasteiger partial charge < -0.3 is 9.47 Å². The van der Waals surface area contributed by atoms with Gasteiger partial charge in [-0.2, -0.15) is 0 Å². The molecule has 0 saturated carbocycles. The first-order valence-electron chi connectivity index (χ1n) is 7.67. The van der Waals surface area contributed by atoms with Crippen LogP contribution in [0.15, 0.2) is 18.3 Å². The minimum atomic E-state index is 0.650. The molecule has 4 heteroatoms. The molecule has 0 radical (unpaired) electrons. The first-order valence-corrected chi connectivity index (χ1v) is 7.67. The lowest BCUT2D eigenvalue weighted by Crippen LogP contribution is -2.41.